The van der Waals surface area contributed by atoms with Gasteiger partial charge in [-0.05, 0) is 6.92 Å². The first kappa shape index (κ1) is 10.7. The van der Waals surface area contributed by atoms with Crippen LogP contribution in [0.2, 0.25) is 0 Å². The van der Waals surface area contributed by atoms with E-state index in [1.807, 2.05) is 0 Å². The molecule has 5 heteroatoms. The largest absolute Gasteiger partial charge is 0.414 e. The molecule has 0 aliphatic rings. The Balaban J connectivity index is 3.88. The van der Waals surface area contributed by atoms with E-state index in [0.717, 1.165) is 0 Å². The highest BCUT2D eigenvalue weighted by Gasteiger charge is 2.39. The lowest BCUT2D eigenvalue weighted by Crippen LogP contribution is -2.32. The normalized spacial score (nSPS) is 15.0. The zero-order valence-electron chi connectivity index (χ0n) is 6.12. The van der Waals surface area contributed by atoms with E-state index in [-0.39, 0.29) is 6.61 Å². The molecule has 0 rings (SSSR count). The molecule has 0 N–H and O–H groups in total. The van der Waals surface area contributed by atoms with Crippen LogP contribution in [0.3, 0.4) is 0 Å². The van der Waals surface area contributed by atoms with Gasteiger partial charge in [0.1, 0.15) is 0 Å². The van der Waals surface area contributed by atoms with Crippen molar-refractivity contribution in [2.45, 2.75) is 25.6 Å². The monoisotopic (exact) mass is 174 g/mol. The summed E-state index contributed by atoms with van der Waals surface area (Å²) in [5.74, 6) is 0. The second-order valence-corrected chi connectivity index (χ2v) is 1.96. The Hall–Kier alpha value is -0.320. The van der Waals surface area contributed by atoms with Crippen molar-refractivity contribution in [3.63, 3.8) is 0 Å². The second-order valence-electron chi connectivity index (χ2n) is 1.96. The topological polar surface area (TPSA) is 9.23 Å². The molecule has 1 nitrogen and oxygen atoms in total. The van der Waals surface area contributed by atoms with Gasteiger partial charge in [-0.1, -0.05) is 0 Å². The molecular formula is C6H10F4O. The summed E-state index contributed by atoms with van der Waals surface area (Å²) in [4.78, 5) is 0. The van der Waals surface area contributed by atoms with E-state index < -0.39 is 25.4 Å². The van der Waals surface area contributed by atoms with Crippen LogP contribution in [-0.2, 0) is 4.74 Å². The van der Waals surface area contributed by atoms with Gasteiger partial charge in [-0.2, -0.15) is 13.2 Å². The lowest BCUT2D eigenvalue weighted by molar-refractivity contribution is -0.221. The molecular weight excluding hydrogens is 164 g/mol. The molecule has 0 aromatic heterocycles. The average molecular weight is 174 g/mol. The van der Waals surface area contributed by atoms with Gasteiger partial charge in [-0.15, -0.1) is 0 Å². The third-order valence-corrected chi connectivity index (χ3v) is 1.10. The van der Waals surface area contributed by atoms with Crippen molar-refractivity contribution in [3.05, 3.63) is 0 Å². The highest BCUT2D eigenvalue weighted by Crippen LogP contribution is 2.25. The zero-order valence-corrected chi connectivity index (χ0v) is 6.12. The lowest BCUT2D eigenvalue weighted by Gasteiger charge is -2.18. The Morgan fingerprint density at radius 3 is 2.18 bits per heavy atom. The minimum absolute atomic E-state index is 0.0514. The summed E-state index contributed by atoms with van der Waals surface area (Å²) >= 11 is 0. The van der Waals surface area contributed by atoms with Crippen molar-refractivity contribution in [1.82, 2.24) is 0 Å². The van der Waals surface area contributed by atoms with Crippen molar-refractivity contribution >= 4 is 0 Å². The van der Waals surface area contributed by atoms with Crippen LogP contribution in [0.25, 0.3) is 0 Å². The summed E-state index contributed by atoms with van der Waals surface area (Å²) in [5, 5.41) is 0. The third kappa shape index (κ3) is 4.19. The Labute approximate surface area is 62.3 Å². The van der Waals surface area contributed by atoms with E-state index in [9.17, 15) is 17.6 Å². The smallest absolute Gasteiger partial charge is 0.369 e. The first-order valence-electron chi connectivity index (χ1n) is 3.26. The molecule has 0 heterocycles. The van der Waals surface area contributed by atoms with E-state index in [2.05, 4.69) is 4.74 Å². The van der Waals surface area contributed by atoms with Crippen LogP contribution in [0, 0.1) is 0 Å². The van der Waals surface area contributed by atoms with Gasteiger partial charge in [-0.25, -0.2) is 0 Å². The molecule has 0 bridgehead atoms. The van der Waals surface area contributed by atoms with Gasteiger partial charge < -0.3 is 4.74 Å². The molecule has 0 aliphatic carbocycles. The molecule has 0 saturated carbocycles. The molecule has 0 radical (unpaired) electrons. The Kier molecular flexibility index (Phi) is 4.40. The van der Waals surface area contributed by atoms with Crippen LogP contribution in [-0.4, -0.2) is 25.6 Å². The first-order valence-corrected chi connectivity index (χ1v) is 3.26. The van der Waals surface area contributed by atoms with E-state index in [4.69, 9.17) is 0 Å². The SMILES string of the molecule is CCOC(CCF)C(F)(F)F. The number of halogens is 4. The predicted molar refractivity (Wildman–Crippen MR) is 32.1 cm³/mol. The molecule has 0 aromatic carbocycles. The second kappa shape index (κ2) is 4.54. The standard InChI is InChI=1S/C6H10F4O/c1-2-11-5(3-4-7)6(8,9)10/h5H,2-4H2,1H3. The predicted octanol–water partition coefficient (Wildman–Crippen LogP) is 2.31. The number of rotatable bonds is 4. The molecule has 11 heavy (non-hydrogen) atoms. The van der Waals surface area contributed by atoms with E-state index in [1.165, 1.54) is 6.92 Å². The van der Waals surface area contributed by atoms with Gasteiger partial charge in [0, 0.05) is 13.0 Å². The number of hydrogen-bond donors (Lipinski definition) is 0. The fourth-order valence-electron chi connectivity index (χ4n) is 0.642. The number of alkyl halides is 4. The Bertz CT molecular complexity index is 95.2. The Morgan fingerprint density at radius 1 is 1.36 bits per heavy atom. The molecule has 68 valence electrons. The van der Waals surface area contributed by atoms with Crippen LogP contribution in [0.1, 0.15) is 13.3 Å². The minimum Gasteiger partial charge on any atom is -0.369 e. The maximum atomic E-state index is 11.8. The van der Waals surface area contributed by atoms with Crippen LogP contribution < -0.4 is 0 Å². The molecule has 0 aromatic rings. The maximum Gasteiger partial charge on any atom is 0.414 e. The van der Waals surface area contributed by atoms with Crippen LogP contribution in [0.5, 0.6) is 0 Å². The zero-order chi connectivity index (χ0) is 8.91. The van der Waals surface area contributed by atoms with Crippen molar-refractivity contribution in [1.29, 1.82) is 0 Å². The van der Waals surface area contributed by atoms with Crippen molar-refractivity contribution in [3.8, 4) is 0 Å². The molecule has 0 saturated heterocycles. The van der Waals surface area contributed by atoms with Crippen molar-refractivity contribution in [2.75, 3.05) is 13.3 Å². The van der Waals surface area contributed by atoms with Gasteiger partial charge >= 0.3 is 6.18 Å². The van der Waals surface area contributed by atoms with E-state index >= 15 is 0 Å². The maximum absolute atomic E-state index is 11.8. The van der Waals surface area contributed by atoms with E-state index in [1.54, 1.807) is 0 Å². The van der Waals surface area contributed by atoms with Gasteiger partial charge in [0.05, 0.1) is 6.67 Å². The van der Waals surface area contributed by atoms with Crippen LogP contribution in [0.4, 0.5) is 17.6 Å². The van der Waals surface area contributed by atoms with Crippen molar-refractivity contribution < 1.29 is 22.3 Å². The Morgan fingerprint density at radius 2 is 1.91 bits per heavy atom. The van der Waals surface area contributed by atoms with Gasteiger partial charge in [0.25, 0.3) is 0 Å². The molecule has 0 aliphatic heterocycles. The quantitative estimate of drug-likeness (QED) is 0.594. The van der Waals surface area contributed by atoms with Gasteiger partial charge in [-0.3, -0.25) is 4.39 Å². The molecule has 0 fully saturated rings. The summed E-state index contributed by atoms with van der Waals surface area (Å²) in [6, 6.07) is 0. The summed E-state index contributed by atoms with van der Waals surface area (Å²) in [6.07, 6.45) is -7.00. The van der Waals surface area contributed by atoms with Crippen LogP contribution in [0.15, 0.2) is 0 Å². The summed E-state index contributed by atoms with van der Waals surface area (Å²) in [6.45, 7) is 0.380. The van der Waals surface area contributed by atoms with Crippen molar-refractivity contribution in [2.24, 2.45) is 0 Å². The molecule has 1 atom stereocenters. The molecule has 0 spiro atoms. The average Bonchev–Trinajstić information content (AvgIpc) is 1.85. The van der Waals surface area contributed by atoms with Gasteiger partial charge in [0.2, 0.25) is 0 Å². The first-order chi connectivity index (χ1) is 5.02. The minimum atomic E-state index is -4.44. The van der Waals surface area contributed by atoms with Gasteiger partial charge in [0.15, 0.2) is 6.10 Å². The number of hydrogen-bond acceptors (Lipinski definition) is 1. The lowest BCUT2D eigenvalue weighted by atomic mass is 10.2. The summed E-state index contributed by atoms with van der Waals surface area (Å²) in [5.41, 5.74) is 0. The molecule has 0 amide bonds. The highest BCUT2D eigenvalue weighted by molar-refractivity contribution is 4.66. The van der Waals surface area contributed by atoms with Crippen LogP contribution >= 0.6 is 0 Å². The summed E-state index contributed by atoms with van der Waals surface area (Å²) in [7, 11) is 0. The fraction of sp³-hybridized carbons (Fsp3) is 1.00. The van der Waals surface area contributed by atoms with E-state index in [0.29, 0.717) is 0 Å². The highest BCUT2D eigenvalue weighted by atomic mass is 19.4. The molecule has 1 unspecified atom stereocenters. The third-order valence-electron chi connectivity index (χ3n) is 1.10. The fourth-order valence-corrected chi connectivity index (χ4v) is 0.642. The number of ether oxygens (including phenoxy) is 1. The summed E-state index contributed by atoms with van der Waals surface area (Å²) < 4.78 is 51.2.